The first-order valence-electron chi connectivity index (χ1n) is 9.93. The maximum atomic E-state index is 12.8. The lowest BCUT2D eigenvalue weighted by molar-refractivity contribution is -0.123. The van der Waals surface area contributed by atoms with E-state index in [1.54, 1.807) is 6.07 Å². The van der Waals surface area contributed by atoms with Crippen LogP contribution >= 0.6 is 35.0 Å². The van der Waals surface area contributed by atoms with E-state index >= 15 is 0 Å². The molecule has 0 spiro atoms. The van der Waals surface area contributed by atoms with Crippen LogP contribution in [0.15, 0.2) is 76.5 Å². The second-order valence-corrected chi connectivity index (χ2v) is 10.8. The van der Waals surface area contributed by atoms with Crippen molar-refractivity contribution in [2.75, 3.05) is 0 Å². The third-order valence-corrected chi connectivity index (χ3v) is 7.59. The predicted octanol–water partition coefficient (Wildman–Crippen LogP) is 6.31. The Morgan fingerprint density at radius 3 is 2.29 bits per heavy atom. The summed E-state index contributed by atoms with van der Waals surface area (Å²) in [5, 5.41) is 0.0618. The molecule has 1 heterocycles. The number of nitrogens with zero attached hydrogens (tertiary/aromatic N) is 1. The molecular weight excluding hydrogens is 517 g/mol. The molecule has 0 unspecified atom stereocenters. The highest BCUT2D eigenvalue weighted by molar-refractivity contribution is 8.18. The molecule has 0 atom stereocenters. The molecule has 6 nitrogen and oxygen atoms in total. The summed E-state index contributed by atoms with van der Waals surface area (Å²) in [6.07, 6.45) is 1.53. The van der Waals surface area contributed by atoms with E-state index in [0.717, 1.165) is 22.9 Å². The highest BCUT2D eigenvalue weighted by Gasteiger charge is 2.35. The number of amides is 2. The number of thioether (sulfide) groups is 1. The summed E-state index contributed by atoms with van der Waals surface area (Å²) in [6, 6.07) is 17.5. The van der Waals surface area contributed by atoms with Gasteiger partial charge in [-0.25, -0.2) is 0 Å². The number of carbonyl (C=O) groups is 2. The second kappa shape index (κ2) is 9.84. The lowest BCUT2D eigenvalue weighted by Crippen LogP contribution is -2.27. The molecule has 1 aliphatic rings. The number of aryl methyl sites for hydroxylation is 1. The Kier molecular flexibility index (Phi) is 7.04. The van der Waals surface area contributed by atoms with Gasteiger partial charge in [-0.05, 0) is 72.3 Å². The molecule has 0 N–H and O–H groups in total. The fourth-order valence-corrected chi connectivity index (χ4v) is 5.29. The van der Waals surface area contributed by atoms with E-state index in [4.69, 9.17) is 27.4 Å². The Bertz CT molecular complexity index is 1400. The van der Waals surface area contributed by atoms with Gasteiger partial charge in [0, 0.05) is 5.02 Å². The quantitative estimate of drug-likeness (QED) is 0.273. The molecule has 0 aromatic heterocycles. The van der Waals surface area contributed by atoms with Crippen molar-refractivity contribution in [3.8, 4) is 5.75 Å². The largest absolute Gasteiger partial charge is 0.377 e. The van der Waals surface area contributed by atoms with Crippen molar-refractivity contribution in [3.05, 3.63) is 98.4 Å². The standard InChI is InChI=1S/C24H17Cl2NO5S2/c1-15-2-4-16(5-3-15)14-27-23(28)22(33-24(27)29)13-17-6-11-21(20(26)12-17)32-34(30,31)19-9-7-18(25)8-10-19/h2-13H,14H2,1H3/b22-13-. The summed E-state index contributed by atoms with van der Waals surface area (Å²) in [5.74, 6) is -0.474. The van der Waals surface area contributed by atoms with Crippen LogP contribution < -0.4 is 4.18 Å². The number of imide groups is 1. The minimum atomic E-state index is -4.11. The van der Waals surface area contributed by atoms with Gasteiger partial charge in [0.2, 0.25) is 0 Å². The maximum Gasteiger partial charge on any atom is 0.339 e. The summed E-state index contributed by atoms with van der Waals surface area (Å²) in [6.45, 7) is 2.14. The van der Waals surface area contributed by atoms with Crippen molar-refractivity contribution in [1.29, 1.82) is 0 Å². The van der Waals surface area contributed by atoms with Crippen molar-refractivity contribution in [3.63, 3.8) is 0 Å². The Hall–Kier alpha value is -2.78. The van der Waals surface area contributed by atoms with Gasteiger partial charge in [0.25, 0.3) is 11.1 Å². The van der Waals surface area contributed by atoms with Gasteiger partial charge < -0.3 is 4.18 Å². The van der Waals surface area contributed by atoms with Crippen LogP contribution in [0.25, 0.3) is 6.08 Å². The smallest absolute Gasteiger partial charge is 0.339 e. The van der Waals surface area contributed by atoms with Crippen molar-refractivity contribution in [2.24, 2.45) is 0 Å². The van der Waals surface area contributed by atoms with E-state index in [9.17, 15) is 18.0 Å². The topological polar surface area (TPSA) is 80.8 Å². The van der Waals surface area contributed by atoms with Gasteiger partial charge in [0.1, 0.15) is 4.90 Å². The van der Waals surface area contributed by atoms with Crippen molar-refractivity contribution in [2.45, 2.75) is 18.4 Å². The zero-order valence-electron chi connectivity index (χ0n) is 17.7. The molecule has 4 rings (SSSR count). The number of hydrogen-bond donors (Lipinski definition) is 0. The molecule has 174 valence electrons. The van der Waals surface area contributed by atoms with E-state index in [1.165, 1.54) is 47.4 Å². The molecule has 1 saturated heterocycles. The number of hydrogen-bond acceptors (Lipinski definition) is 6. The van der Waals surface area contributed by atoms with Gasteiger partial charge in [0.05, 0.1) is 16.5 Å². The Labute approximate surface area is 211 Å². The van der Waals surface area contributed by atoms with Crippen LogP contribution in [0.5, 0.6) is 5.75 Å². The lowest BCUT2D eigenvalue weighted by Gasteiger charge is -2.12. The number of benzene rings is 3. The molecule has 1 aliphatic heterocycles. The van der Waals surface area contributed by atoms with Crippen LogP contribution in [0.3, 0.4) is 0 Å². The van der Waals surface area contributed by atoms with Crippen LogP contribution in [0.4, 0.5) is 4.79 Å². The van der Waals surface area contributed by atoms with E-state index in [1.807, 2.05) is 31.2 Å². The summed E-state index contributed by atoms with van der Waals surface area (Å²) >= 11 is 12.9. The minimum Gasteiger partial charge on any atom is -0.377 e. The molecule has 34 heavy (non-hydrogen) atoms. The van der Waals surface area contributed by atoms with E-state index < -0.39 is 16.0 Å². The van der Waals surface area contributed by atoms with Crippen molar-refractivity contribution in [1.82, 2.24) is 4.90 Å². The van der Waals surface area contributed by atoms with Gasteiger partial charge in [-0.1, -0.05) is 59.1 Å². The molecule has 10 heteroatoms. The molecule has 1 fully saturated rings. The summed E-state index contributed by atoms with van der Waals surface area (Å²) < 4.78 is 30.1. The van der Waals surface area contributed by atoms with Gasteiger partial charge in [-0.15, -0.1) is 0 Å². The fourth-order valence-electron chi connectivity index (χ4n) is 3.11. The van der Waals surface area contributed by atoms with Crippen molar-refractivity contribution >= 4 is 62.3 Å². The highest BCUT2D eigenvalue weighted by Crippen LogP contribution is 2.35. The molecule has 3 aromatic carbocycles. The van der Waals surface area contributed by atoms with E-state index in [-0.39, 0.29) is 32.4 Å². The zero-order chi connectivity index (χ0) is 24.5. The molecule has 0 radical (unpaired) electrons. The highest BCUT2D eigenvalue weighted by atomic mass is 35.5. The normalized spacial score (nSPS) is 15.3. The predicted molar refractivity (Wildman–Crippen MR) is 133 cm³/mol. The Morgan fingerprint density at radius 1 is 0.971 bits per heavy atom. The summed E-state index contributed by atoms with van der Waals surface area (Å²) in [4.78, 5) is 26.5. The molecule has 0 bridgehead atoms. The first-order valence-corrected chi connectivity index (χ1v) is 12.9. The maximum absolute atomic E-state index is 12.8. The van der Waals surface area contributed by atoms with Crippen LogP contribution in [-0.2, 0) is 21.5 Å². The molecule has 0 saturated carbocycles. The number of halogens is 2. The van der Waals surface area contributed by atoms with E-state index in [2.05, 4.69) is 0 Å². The first kappa shape index (κ1) is 24.3. The average molecular weight is 534 g/mol. The molecular formula is C24H17Cl2NO5S2. The lowest BCUT2D eigenvalue weighted by atomic mass is 10.1. The SMILES string of the molecule is Cc1ccc(CN2C(=O)S/C(=C\c3ccc(OS(=O)(=O)c4ccc(Cl)cc4)c(Cl)c3)C2=O)cc1. The van der Waals surface area contributed by atoms with E-state index in [0.29, 0.717) is 10.6 Å². The average Bonchev–Trinajstić information content (AvgIpc) is 3.04. The van der Waals surface area contributed by atoms with Crippen LogP contribution in [-0.4, -0.2) is 24.5 Å². The van der Waals surface area contributed by atoms with Crippen molar-refractivity contribution < 1.29 is 22.2 Å². The third kappa shape index (κ3) is 5.47. The second-order valence-electron chi connectivity index (χ2n) is 7.43. The summed E-state index contributed by atoms with van der Waals surface area (Å²) in [5.41, 5.74) is 2.45. The van der Waals surface area contributed by atoms with Gasteiger partial charge in [-0.2, -0.15) is 8.42 Å². The molecule has 2 amide bonds. The first-order chi connectivity index (χ1) is 16.1. The zero-order valence-corrected chi connectivity index (χ0v) is 20.8. The van der Waals surface area contributed by atoms with Crippen LogP contribution in [0.2, 0.25) is 10.0 Å². The third-order valence-electron chi connectivity index (χ3n) is 4.89. The molecule has 3 aromatic rings. The van der Waals surface area contributed by atoms with Crippen LogP contribution in [0, 0.1) is 6.92 Å². The monoisotopic (exact) mass is 533 g/mol. The van der Waals surface area contributed by atoms with Gasteiger partial charge >= 0.3 is 10.1 Å². The van der Waals surface area contributed by atoms with Gasteiger partial charge in [0.15, 0.2) is 5.75 Å². The number of rotatable bonds is 6. The Morgan fingerprint density at radius 2 is 1.65 bits per heavy atom. The molecule has 0 aliphatic carbocycles. The van der Waals surface area contributed by atoms with Gasteiger partial charge in [-0.3, -0.25) is 14.5 Å². The van der Waals surface area contributed by atoms with Crippen LogP contribution in [0.1, 0.15) is 16.7 Å². The number of carbonyl (C=O) groups excluding carboxylic acids is 2. The minimum absolute atomic E-state index is 0.0326. The Balaban J connectivity index is 1.51. The fraction of sp³-hybridized carbons (Fsp3) is 0.0833. The summed E-state index contributed by atoms with van der Waals surface area (Å²) in [7, 11) is -4.11.